The molecule has 21 heavy (non-hydrogen) atoms. The molecule has 1 fully saturated rings. The SMILES string of the molecule is CCNC1COCC1C(=O)Nc1ccccc1OC(F)F. The van der Waals surface area contributed by atoms with Gasteiger partial charge < -0.3 is 20.1 Å². The molecule has 5 nitrogen and oxygen atoms in total. The van der Waals surface area contributed by atoms with Crippen molar-refractivity contribution in [2.45, 2.75) is 19.6 Å². The number of hydrogen-bond acceptors (Lipinski definition) is 4. The lowest BCUT2D eigenvalue weighted by Crippen LogP contribution is -2.41. The molecule has 1 saturated heterocycles. The molecule has 116 valence electrons. The highest BCUT2D eigenvalue weighted by Gasteiger charge is 2.33. The number of alkyl halides is 2. The molecule has 2 N–H and O–H groups in total. The first-order valence-electron chi connectivity index (χ1n) is 6.77. The normalized spacial score (nSPS) is 21.5. The molecule has 0 radical (unpaired) electrons. The molecule has 0 spiro atoms. The smallest absolute Gasteiger partial charge is 0.387 e. The highest BCUT2D eigenvalue weighted by molar-refractivity contribution is 5.94. The molecular weight excluding hydrogens is 282 g/mol. The minimum absolute atomic E-state index is 0.0558. The molecule has 0 saturated carbocycles. The number of rotatable bonds is 6. The van der Waals surface area contributed by atoms with Crippen LogP contribution in [0.4, 0.5) is 14.5 Å². The number of hydrogen-bond donors (Lipinski definition) is 2. The molecule has 7 heteroatoms. The van der Waals surface area contributed by atoms with Crippen molar-refractivity contribution in [3.63, 3.8) is 0 Å². The molecule has 1 heterocycles. The summed E-state index contributed by atoms with van der Waals surface area (Å²) in [6, 6.07) is 6.04. The number of likely N-dealkylation sites (N-methyl/N-ethyl adjacent to an activating group) is 1. The first-order chi connectivity index (χ1) is 10.1. The summed E-state index contributed by atoms with van der Waals surface area (Å²) in [5.74, 6) is -0.687. The summed E-state index contributed by atoms with van der Waals surface area (Å²) in [5.41, 5.74) is 0.227. The van der Waals surface area contributed by atoms with Crippen LogP contribution in [0.5, 0.6) is 5.75 Å². The van der Waals surface area contributed by atoms with Gasteiger partial charge in [0.2, 0.25) is 5.91 Å². The van der Waals surface area contributed by atoms with E-state index in [1.807, 2.05) is 6.92 Å². The summed E-state index contributed by atoms with van der Waals surface area (Å²) in [5, 5.41) is 5.80. The minimum atomic E-state index is -2.94. The van der Waals surface area contributed by atoms with Gasteiger partial charge in [0.15, 0.2) is 0 Å². The first kappa shape index (κ1) is 15.7. The Kier molecular flexibility index (Phi) is 5.46. The Labute approximate surface area is 121 Å². The Balaban J connectivity index is 2.05. The third-order valence-corrected chi connectivity index (χ3v) is 3.24. The zero-order valence-corrected chi connectivity index (χ0v) is 11.6. The third kappa shape index (κ3) is 4.12. The number of amides is 1. The van der Waals surface area contributed by atoms with Gasteiger partial charge in [-0.3, -0.25) is 4.79 Å². The summed E-state index contributed by atoms with van der Waals surface area (Å²) in [4.78, 5) is 12.3. The number of carbonyl (C=O) groups excluding carboxylic acids is 1. The summed E-state index contributed by atoms with van der Waals surface area (Å²) in [6.45, 7) is 0.497. The van der Waals surface area contributed by atoms with E-state index in [1.165, 1.54) is 12.1 Å². The molecular formula is C14H18F2N2O3. The molecule has 2 rings (SSSR count). The second-order valence-electron chi connectivity index (χ2n) is 4.67. The van der Waals surface area contributed by atoms with Crippen LogP contribution in [0.1, 0.15) is 6.92 Å². The highest BCUT2D eigenvalue weighted by atomic mass is 19.3. The zero-order valence-electron chi connectivity index (χ0n) is 11.6. The van der Waals surface area contributed by atoms with Crippen LogP contribution in [0.15, 0.2) is 24.3 Å². The van der Waals surface area contributed by atoms with Crippen LogP contribution in [0.25, 0.3) is 0 Å². The summed E-state index contributed by atoms with van der Waals surface area (Å²) >= 11 is 0. The van der Waals surface area contributed by atoms with Crippen molar-refractivity contribution < 1.29 is 23.0 Å². The standard InChI is InChI=1S/C14H18F2N2O3/c1-2-17-11-8-20-7-9(11)13(19)18-10-5-3-4-6-12(10)21-14(15)16/h3-6,9,11,14,17H,2,7-8H2,1H3,(H,18,19). The van der Waals surface area contributed by atoms with E-state index in [0.29, 0.717) is 13.2 Å². The van der Waals surface area contributed by atoms with Crippen LogP contribution in [0.3, 0.4) is 0 Å². The van der Waals surface area contributed by atoms with Crippen LogP contribution in [0, 0.1) is 5.92 Å². The Morgan fingerprint density at radius 3 is 2.90 bits per heavy atom. The van der Waals surface area contributed by atoms with Gasteiger partial charge in [0, 0.05) is 6.04 Å². The van der Waals surface area contributed by atoms with Crippen molar-refractivity contribution >= 4 is 11.6 Å². The van der Waals surface area contributed by atoms with E-state index in [9.17, 15) is 13.6 Å². The summed E-state index contributed by atoms with van der Waals surface area (Å²) in [6.07, 6.45) is 0. The number of benzene rings is 1. The predicted molar refractivity (Wildman–Crippen MR) is 73.5 cm³/mol. The fourth-order valence-electron chi connectivity index (χ4n) is 2.27. The number of ether oxygens (including phenoxy) is 2. The topological polar surface area (TPSA) is 59.6 Å². The lowest BCUT2D eigenvalue weighted by Gasteiger charge is -2.19. The predicted octanol–water partition coefficient (Wildman–Crippen LogP) is 1.85. The van der Waals surface area contributed by atoms with Gasteiger partial charge in [-0.1, -0.05) is 19.1 Å². The highest BCUT2D eigenvalue weighted by Crippen LogP contribution is 2.27. The van der Waals surface area contributed by atoms with E-state index in [4.69, 9.17) is 4.74 Å². The van der Waals surface area contributed by atoms with E-state index in [1.54, 1.807) is 12.1 Å². The van der Waals surface area contributed by atoms with E-state index in [0.717, 1.165) is 6.54 Å². The van der Waals surface area contributed by atoms with E-state index < -0.39 is 6.61 Å². The second-order valence-corrected chi connectivity index (χ2v) is 4.67. The van der Waals surface area contributed by atoms with Crippen LogP contribution in [0.2, 0.25) is 0 Å². The molecule has 1 aromatic rings. The summed E-state index contributed by atoms with van der Waals surface area (Å²) in [7, 11) is 0. The van der Waals surface area contributed by atoms with Crippen LogP contribution in [-0.2, 0) is 9.53 Å². The number of para-hydroxylation sites is 2. The Morgan fingerprint density at radius 2 is 2.19 bits per heavy atom. The summed E-state index contributed by atoms with van der Waals surface area (Å²) < 4.78 is 34.4. The average Bonchev–Trinajstić information content (AvgIpc) is 2.89. The molecule has 1 aliphatic heterocycles. The molecule has 2 unspecified atom stereocenters. The van der Waals surface area contributed by atoms with Crippen molar-refractivity contribution in [2.24, 2.45) is 5.92 Å². The minimum Gasteiger partial charge on any atom is -0.433 e. The largest absolute Gasteiger partial charge is 0.433 e. The lowest BCUT2D eigenvalue weighted by molar-refractivity contribution is -0.120. The zero-order chi connectivity index (χ0) is 15.2. The second kappa shape index (κ2) is 7.33. The maximum atomic E-state index is 12.3. The Bertz CT molecular complexity index is 485. The number of carbonyl (C=O) groups is 1. The van der Waals surface area contributed by atoms with Gasteiger partial charge in [0.1, 0.15) is 5.75 Å². The van der Waals surface area contributed by atoms with Gasteiger partial charge in [-0.25, -0.2) is 0 Å². The van der Waals surface area contributed by atoms with Crippen molar-refractivity contribution in [2.75, 3.05) is 25.1 Å². The fraction of sp³-hybridized carbons (Fsp3) is 0.500. The lowest BCUT2D eigenvalue weighted by atomic mass is 10.0. The molecule has 1 aromatic carbocycles. The quantitative estimate of drug-likeness (QED) is 0.842. The van der Waals surface area contributed by atoms with E-state index in [-0.39, 0.29) is 29.3 Å². The number of nitrogens with one attached hydrogen (secondary N) is 2. The number of halogens is 2. The van der Waals surface area contributed by atoms with Crippen LogP contribution >= 0.6 is 0 Å². The van der Waals surface area contributed by atoms with E-state index in [2.05, 4.69) is 15.4 Å². The molecule has 0 aliphatic carbocycles. The monoisotopic (exact) mass is 300 g/mol. The average molecular weight is 300 g/mol. The van der Waals surface area contributed by atoms with Crippen molar-refractivity contribution in [1.29, 1.82) is 0 Å². The Hall–Kier alpha value is -1.73. The molecule has 1 aliphatic rings. The van der Waals surface area contributed by atoms with Gasteiger partial charge in [-0.05, 0) is 18.7 Å². The third-order valence-electron chi connectivity index (χ3n) is 3.24. The number of anilines is 1. The maximum Gasteiger partial charge on any atom is 0.387 e. The van der Waals surface area contributed by atoms with Crippen molar-refractivity contribution in [1.82, 2.24) is 5.32 Å². The molecule has 0 bridgehead atoms. The van der Waals surface area contributed by atoms with Gasteiger partial charge in [-0.2, -0.15) is 8.78 Å². The molecule has 0 aromatic heterocycles. The first-order valence-corrected chi connectivity index (χ1v) is 6.77. The van der Waals surface area contributed by atoms with Crippen molar-refractivity contribution in [3.8, 4) is 5.75 Å². The van der Waals surface area contributed by atoms with Gasteiger partial charge in [-0.15, -0.1) is 0 Å². The molecule has 1 amide bonds. The van der Waals surface area contributed by atoms with Gasteiger partial charge >= 0.3 is 6.61 Å². The Morgan fingerprint density at radius 1 is 1.43 bits per heavy atom. The fourth-order valence-corrected chi connectivity index (χ4v) is 2.27. The van der Waals surface area contributed by atoms with Crippen molar-refractivity contribution in [3.05, 3.63) is 24.3 Å². The maximum absolute atomic E-state index is 12.3. The van der Waals surface area contributed by atoms with Gasteiger partial charge in [0.05, 0.1) is 24.8 Å². The van der Waals surface area contributed by atoms with Crippen LogP contribution in [-0.4, -0.2) is 38.3 Å². The molecule has 2 atom stereocenters. The van der Waals surface area contributed by atoms with Gasteiger partial charge in [0.25, 0.3) is 0 Å². The van der Waals surface area contributed by atoms with E-state index >= 15 is 0 Å². The van der Waals surface area contributed by atoms with Crippen LogP contribution < -0.4 is 15.4 Å².